The molecule has 0 spiro atoms. The maximum absolute atomic E-state index is 12.3. The highest BCUT2D eigenvalue weighted by atomic mass is 16.2. The fourth-order valence-corrected chi connectivity index (χ4v) is 3.11. The van der Waals surface area contributed by atoms with E-state index in [1.54, 1.807) is 12.4 Å². The molecule has 0 bridgehead atoms. The molecule has 2 atom stereocenters. The second-order valence-corrected chi connectivity index (χ2v) is 7.08. The van der Waals surface area contributed by atoms with E-state index >= 15 is 0 Å². The zero-order chi connectivity index (χ0) is 17.6. The fourth-order valence-electron chi connectivity index (χ4n) is 3.11. The highest BCUT2D eigenvalue weighted by Crippen LogP contribution is 2.47. The molecule has 2 aromatic rings. The van der Waals surface area contributed by atoms with Crippen molar-refractivity contribution in [2.24, 2.45) is 5.92 Å². The summed E-state index contributed by atoms with van der Waals surface area (Å²) in [6, 6.07) is 12.6. The van der Waals surface area contributed by atoms with Gasteiger partial charge in [0.25, 0.3) is 0 Å². The number of aromatic nitrogens is 1. The van der Waals surface area contributed by atoms with Crippen LogP contribution in [0.25, 0.3) is 0 Å². The lowest BCUT2D eigenvalue weighted by Gasteiger charge is -2.08. The third-order valence-corrected chi connectivity index (χ3v) is 4.82. The molecule has 0 unspecified atom stereocenters. The van der Waals surface area contributed by atoms with Gasteiger partial charge in [0.05, 0.1) is 0 Å². The van der Waals surface area contributed by atoms with E-state index in [1.807, 2.05) is 12.1 Å². The van der Waals surface area contributed by atoms with Crippen molar-refractivity contribution in [2.75, 3.05) is 18.4 Å². The summed E-state index contributed by atoms with van der Waals surface area (Å²) in [5, 5.41) is 6.39. The Labute approximate surface area is 150 Å². The normalized spacial score (nSPS) is 18.8. The van der Waals surface area contributed by atoms with Crippen LogP contribution < -0.4 is 10.6 Å². The van der Waals surface area contributed by atoms with Crippen LogP contribution in [0.1, 0.15) is 49.7 Å². The molecular weight excluding hydrogens is 310 g/mol. The first-order chi connectivity index (χ1) is 12.1. The predicted molar refractivity (Wildman–Crippen MR) is 102 cm³/mol. The van der Waals surface area contributed by atoms with Crippen LogP contribution in [0, 0.1) is 5.92 Å². The van der Waals surface area contributed by atoms with Gasteiger partial charge in [-0.1, -0.05) is 38.1 Å². The summed E-state index contributed by atoms with van der Waals surface area (Å²) in [4.78, 5) is 16.2. The molecule has 3 rings (SSSR count). The van der Waals surface area contributed by atoms with Crippen molar-refractivity contribution >= 4 is 11.6 Å². The molecule has 132 valence electrons. The van der Waals surface area contributed by atoms with E-state index < -0.39 is 0 Å². The van der Waals surface area contributed by atoms with Gasteiger partial charge in [0, 0.05) is 37.1 Å². The molecule has 1 aromatic heterocycles. The number of benzene rings is 1. The van der Waals surface area contributed by atoms with E-state index in [0.717, 1.165) is 25.1 Å². The number of carbonyl (C=O) groups is 1. The highest BCUT2D eigenvalue weighted by molar-refractivity contribution is 5.82. The van der Waals surface area contributed by atoms with Crippen molar-refractivity contribution in [3.05, 3.63) is 59.9 Å². The Morgan fingerprint density at radius 2 is 1.84 bits per heavy atom. The number of nitrogens with zero attached hydrogens (tertiary/aromatic N) is 1. The average Bonchev–Trinajstić information content (AvgIpc) is 3.43. The molecular formula is C21H27N3O. The highest BCUT2D eigenvalue weighted by Gasteiger charge is 2.43. The van der Waals surface area contributed by atoms with Gasteiger partial charge in [-0.15, -0.1) is 0 Å². The SMILES string of the molecule is CC(C)c1ccc([C@@H]2C[C@@H]2C(=O)NCCCNc2ccncc2)cc1. The van der Waals surface area contributed by atoms with Gasteiger partial charge < -0.3 is 10.6 Å². The fraction of sp³-hybridized carbons (Fsp3) is 0.429. The molecule has 1 amide bonds. The van der Waals surface area contributed by atoms with Crippen LogP contribution in [0.3, 0.4) is 0 Å². The van der Waals surface area contributed by atoms with Gasteiger partial charge in [0.1, 0.15) is 0 Å². The van der Waals surface area contributed by atoms with E-state index in [2.05, 4.69) is 53.7 Å². The van der Waals surface area contributed by atoms with E-state index in [9.17, 15) is 4.79 Å². The Hall–Kier alpha value is -2.36. The van der Waals surface area contributed by atoms with Crippen LogP contribution in [0.5, 0.6) is 0 Å². The van der Waals surface area contributed by atoms with Gasteiger partial charge in [-0.05, 0) is 47.9 Å². The van der Waals surface area contributed by atoms with Gasteiger partial charge in [0.15, 0.2) is 0 Å². The smallest absolute Gasteiger partial charge is 0.223 e. The van der Waals surface area contributed by atoms with E-state index in [-0.39, 0.29) is 11.8 Å². The third kappa shape index (κ3) is 4.81. The molecule has 1 fully saturated rings. The molecule has 1 aromatic carbocycles. The predicted octanol–water partition coefficient (Wildman–Crippen LogP) is 3.93. The molecule has 2 N–H and O–H groups in total. The first-order valence-electron chi connectivity index (χ1n) is 9.16. The minimum Gasteiger partial charge on any atom is -0.385 e. The van der Waals surface area contributed by atoms with E-state index in [1.165, 1.54) is 11.1 Å². The topological polar surface area (TPSA) is 54.0 Å². The molecule has 0 aliphatic heterocycles. The molecule has 1 heterocycles. The number of hydrogen-bond donors (Lipinski definition) is 2. The molecule has 1 aliphatic rings. The Morgan fingerprint density at radius 3 is 2.52 bits per heavy atom. The lowest BCUT2D eigenvalue weighted by atomic mass is 10.00. The van der Waals surface area contributed by atoms with Crippen LogP contribution in [-0.4, -0.2) is 24.0 Å². The first-order valence-corrected chi connectivity index (χ1v) is 9.16. The quantitative estimate of drug-likeness (QED) is 0.718. The van der Waals surface area contributed by atoms with Crippen molar-refractivity contribution in [1.82, 2.24) is 10.3 Å². The van der Waals surface area contributed by atoms with Crippen LogP contribution in [-0.2, 0) is 4.79 Å². The summed E-state index contributed by atoms with van der Waals surface area (Å²) in [6.07, 6.45) is 5.42. The average molecular weight is 337 g/mol. The summed E-state index contributed by atoms with van der Waals surface area (Å²) in [5.41, 5.74) is 3.71. The Morgan fingerprint density at radius 1 is 1.12 bits per heavy atom. The zero-order valence-electron chi connectivity index (χ0n) is 15.0. The number of carbonyl (C=O) groups excluding carboxylic acids is 1. The van der Waals surface area contributed by atoms with Crippen molar-refractivity contribution in [1.29, 1.82) is 0 Å². The van der Waals surface area contributed by atoms with Crippen molar-refractivity contribution in [3.8, 4) is 0 Å². The standard InChI is InChI=1S/C21H27N3O/c1-15(2)16-4-6-17(7-5-16)19-14-20(19)21(25)24-11-3-10-23-18-8-12-22-13-9-18/h4-9,12-13,15,19-20H,3,10-11,14H2,1-2H3,(H,22,23)(H,24,25)/t19-,20-/m0/s1. The zero-order valence-corrected chi connectivity index (χ0v) is 15.0. The Balaban J connectivity index is 1.35. The third-order valence-electron chi connectivity index (χ3n) is 4.82. The van der Waals surface area contributed by atoms with Crippen LogP contribution in [0.2, 0.25) is 0 Å². The number of hydrogen-bond acceptors (Lipinski definition) is 3. The number of anilines is 1. The maximum atomic E-state index is 12.3. The van der Waals surface area contributed by atoms with Gasteiger partial charge in [-0.25, -0.2) is 0 Å². The Bertz CT molecular complexity index is 682. The largest absolute Gasteiger partial charge is 0.385 e. The number of pyridine rings is 1. The number of amides is 1. The number of rotatable bonds is 8. The molecule has 25 heavy (non-hydrogen) atoms. The van der Waals surface area contributed by atoms with Crippen LogP contribution >= 0.6 is 0 Å². The van der Waals surface area contributed by atoms with E-state index in [4.69, 9.17) is 0 Å². The van der Waals surface area contributed by atoms with Crippen molar-refractivity contribution < 1.29 is 4.79 Å². The molecule has 1 saturated carbocycles. The summed E-state index contributed by atoms with van der Waals surface area (Å²) in [7, 11) is 0. The minimum atomic E-state index is 0.151. The van der Waals surface area contributed by atoms with Gasteiger partial charge in [-0.3, -0.25) is 9.78 Å². The monoisotopic (exact) mass is 337 g/mol. The second kappa shape index (κ2) is 8.15. The molecule has 1 aliphatic carbocycles. The summed E-state index contributed by atoms with van der Waals surface area (Å²) in [5.74, 6) is 1.30. The molecule has 0 radical (unpaired) electrons. The van der Waals surface area contributed by atoms with Gasteiger partial charge >= 0.3 is 0 Å². The van der Waals surface area contributed by atoms with Crippen LogP contribution in [0.4, 0.5) is 5.69 Å². The van der Waals surface area contributed by atoms with Crippen molar-refractivity contribution in [3.63, 3.8) is 0 Å². The lowest BCUT2D eigenvalue weighted by Crippen LogP contribution is -2.27. The van der Waals surface area contributed by atoms with Gasteiger partial charge in [-0.2, -0.15) is 0 Å². The van der Waals surface area contributed by atoms with Gasteiger partial charge in [0.2, 0.25) is 5.91 Å². The molecule has 4 heteroatoms. The summed E-state index contributed by atoms with van der Waals surface area (Å²) in [6.45, 7) is 5.96. The van der Waals surface area contributed by atoms with E-state index in [0.29, 0.717) is 18.4 Å². The minimum absolute atomic E-state index is 0.151. The van der Waals surface area contributed by atoms with Crippen molar-refractivity contribution in [2.45, 2.75) is 38.5 Å². The Kier molecular flexibility index (Phi) is 5.69. The first kappa shape index (κ1) is 17.5. The molecule has 0 saturated heterocycles. The summed E-state index contributed by atoms with van der Waals surface area (Å²) >= 11 is 0. The summed E-state index contributed by atoms with van der Waals surface area (Å²) < 4.78 is 0. The molecule has 4 nitrogen and oxygen atoms in total. The maximum Gasteiger partial charge on any atom is 0.223 e. The second-order valence-electron chi connectivity index (χ2n) is 7.08. The lowest BCUT2D eigenvalue weighted by molar-refractivity contribution is -0.122. The number of nitrogens with one attached hydrogen (secondary N) is 2. The van der Waals surface area contributed by atoms with Crippen LogP contribution in [0.15, 0.2) is 48.8 Å².